The number of aryl methyl sites for hydroxylation is 1. The molecular weight excluding hydrogens is 359 g/mol. The Bertz CT molecular complexity index is 1030. The van der Waals surface area contributed by atoms with Crippen molar-refractivity contribution in [3.05, 3.63) is 101 Å². The number of hydrogen-bond donors (Lipinski definition) is 1. The standard InChI is InChI=1S/C22H17FN2O3/c1-15-6-2-3-7-18(15)21(26)25-24-14-16-10-12-17(13-11-16)28-22(27)19-8-4-5-9-20(19)23/h2-14H,1H3,(H,25,26). The van der Waals surface area contributed by atoms with Crippen LogP contribution in [0.25, 0.3) is 0 Å². The first-order valence-electron chi connectivity index (χ1n) is 8.50. The number of benzene rings is 3. The first-order chi connectivity index (χ1) is 13.5. The Kier molecular flexibility index (Phi) is 5.91. The van der Waals surface area contributed by atoms with Gasteiger partial charge in [-0.25, -0.2) is 14.6 Å². The van der Waals surface area contributed by atoms with E-state index in [0.717, 1.165) is 5.56 Å². The number of nitrogens with one attached hydrogen (secondary N) is 1. The van der Waals surface area contributed by atoms with Crippen LogP contribution in [-0.4, -0.2) is 18.1 Å². The lowest BCUT2D eigenvalue weighted by Gasteiger charge is -2.05. The summed E-state index contributed by atoms with van der Waals surface area (Å²) >= 11 is 0. The normalized spacial score (nSPS) is 10.6. The SMILES string of the molecule is Cc1ccccc1C(=O)NN=Cc1ccc(OC(=O)c2ccccc2F)cc1. The van der Waals surface area contributed by atoms with Crippen LogP contribution in [0.4, 0.5) is 4.39 Å². The number of hydrazone groups is 1. The second kappa shape index (κ2) is 8.73. The molecule has 0 aliphatic heterocycles. The fourth-order valence-electron chi connectivity index (χ4n) is 2.46. The lowest BCUT2D eigenvalue weighted by Crippen LogP contribution is -2.18. The van der Waals surface area contributed by atoms with E-state index in [1.807, 2.05) is 19.1 Å². The fourth-order valence-corrected chi connectivity index (χ4v) is 2.46. The van der Waals surface area contributed by atoms with Crippen molar-refractivity contribution >= 4 is 18.1 Å². The molecule has 0 bridgehead atoms. The van der Waals surface area contributed by atoms with E-state index in [1.54, 1.807) is 42.5 Å². The van der Waals surface area contributed by atoms with Gasteiger partial charge in [-0.3, -0.25) is 4.79 Å². The van der Waals surface area contributed by atoms with Crippen LogP contribution in [0, 0.1) is 12.7 Å². The molecule has 0 saturated heterocycles. The molecule has 0 fully saturated rings. The third-order valence-corrected chi connectivity index (χ3v) is 3.95. The highest BCUT2D eigenvalue weighted by Crippen LogP contribution is 2.15. The Morgan fingerprint density at radius 2 is 1.57 bits per heavy atom. The third-order valence-electron chi connectivity index (χ3n) is 3.95. The predicted molar refractivity (Wildman–Crippen MR) is 104 cm³/mol. The maximum Gasteiger partial charge on any atom is 0.346 e. The second-order valence-corrected chi connectivity index (χ2v) is 5.95. The lowest BCUT2D eigenvalue weighted by atomic mass is 10.1. The molecule has 5 nitrogen and oxygen atoms in total. The number of halogens is 1. The highest BCUT2D eigenvalue weighted by molar-refractivity contribution is 5.96. The van der Waals surface area contributed by atoms with Crippen molar-refractivity contribution in [2.24, 2.45) is 5.10 Å². The van der Waals surface area contributed by atoms with Crippen molar-refractivity contribution in [2.75, 3.05) is 0 Å². The monoisotopic (exact) mass is 376 g/mol. The van der Waals surface area contributed by atoms with Crippen molar-refractivity contribution in [2.45, 2.75) is 6.92 Å². The molecule has 6 heteroatoms. The molecule has 0 spiro atoms. The van der Waals surface area contributed by atoms with Crippen LogP contribution < -0.4 is 10.2 Å². The van der Waals surface area contributed by atoms with Crippen LogP contribution in [-0.2, 0) is 0 Å². The molecule has 1 N–H and O–H groups in total. The summed E-state index contributed by atoms with van der Waals surface area (Å²) in [5.74, 6) is -1.44. The zero-order valence-corrected chi connectivity index (χ0v) is 15.1. The summed E-state index contributed by atoms with van der Waals surface area (Å²) in [5.41, 5.74) is 4.43. The van der Waals surface area contributed by atoms with Crippen LogP contribution in [0.2, 0.25) is 0 Å². The average molecular weight is 376 g/mol. The van der Waals surface area contributed by atoms with Gasteiger partial charge in [-0.05, 0) is 60.5 Å². The van der Waals surface area contributed by atoms with E-state index in [-0.39, 0.29) is 17.2 Å². The van der Waals surface area contributed by atoms with Gasteiger partial charge >= 0.3 is 5.97 Å². The summed E-state index contributed by atoms with van der Waals surface area (Å²) in [5, 5.41) is 3.93. The number of nitrogens with zero attached hydrogens (tertiary/aromatic N) is 1. The van der Waals surface area contributed by atoms with Crippen LogP contribution in [0.15, 0.2) is 77.9 Å². The van der Waals surface area contributed by atoms with Gasteiger partial charge < -0.3 is 4.74 Å². The number of rotatable bonds is 5. The van der Waals surface area contributed by atoms with Crippen LogP contribution in [0.1, 0.15) is 31.8 Å². The van der Waals surface area contributed by atoms with Gasteiger partial charge in [0.2, 0.25) is 0 Å². The van der Waals surface area contributed by atoms with E-state index in [4.69, 9.17) is 4.74 Å². The number of esters is 1. The van der Waals surface area contributed by atoms with Gasteiger partial charge in [0.1, 0.15) is 11.6 Å². The number of carbonyl (C=O) groups is 2. The van der Waals surface area contributed by atoms with Crippen LogP contribution in [0.3, 0.4) is 0 Å². The maximum absolute atomic E-state index is 13.6. The molecule has 3 rings (SSSR count). The van der Waals surface area contributed by atoms with Gasteiger partial charge in [0.05, 0.1) is 11.8 Å². The Balaban J connectivity index is 1.59. The van der Waals surface area contributed by atoms with E-state index < -0.39 is 11.8 Å². The molecule has 140 valence electrons. The molecule has 0 radical (unpaired) electrons. The van der Waals surface area contributed by atoms with Gasteiger partial charge in [-0.2, -0.15) is 5.10 Å². The lowest BCUT2D eigenvalue weighted by molar-refractivity contribution is 0.0729. The molecule has 1 amide bonds. The first kappa shape index (κ1) is 19.0. The summed E-state index contributed by atoms with van der Waals surface area (Å²) < 4.78 is 18.8. The molecule has 3 aromatic carbocycles. The fraction of sp³-hybridized carbons (Fsp3) is 0.0455. The molecule has 0 atom stereocenters. The predicted octanol–water partition coefficient (Wildman–Crippen LogP) is 4.12. The summed E-state index contributed by atoms with van der Waals surface area (Å²) in [7, 11) is 0. The highest BCUT2D eigenvalue weighted by Gasteiger charge is 2.13. The molecular formula is C22H17FN2O3. The molecule has 0 aliphatic carbocycles. The van der Waals surface area contributed by atoms with E-state index in [9.17, 15) is 14.0 Å². The van der Waals surface area contributed by atoms with Crippen LogP contribution in [0.5, 0.6) is 5.75 Å². The summed E-state index contributed by atoms with van der Waals surface area (Å²) in [4.78, 5) is 24.1. The van der Waals surface area contributed by atoms with Gasteiger partial charge in [-0.1, -0.05) is 30.3 Å². The molecule has 0 saturated carbocycles. The number of ether oxygens (including phenoxy) is 1. The van der Waals surface area contributed by atoms with Gasteiger partial charge in [-0.15, -0.1) is 0 Å². The van der Waals surface area contributed by atoms with E-state index in [1.165, 1.54) is 24.4 Å². The third kappa shape index (κ3) is 4.67. The van der Waals surface area contributed by atoms with Crippen LogP contribution >= 0.6 is 0 Å². The van der Waals surface area contributed by atoms with Gasteiger partial charge in [0.25, 0.3) is 5.91 Å². The zero-order valence-electron chi connectivity index (χ0n) is 15.1. The Labute approximate surface area is 161 Å². The maximum atomic E-state index is 13.6. The Morgan fingerprint density at radius 1 is 0.929 bits per heavy atom. The Morgan fingerprint density at radius 3 is 2.25 bits per heavy atom. The van der Waals surface area contributed by atoms with Crippen molar-refractivity contribution < 1.29 is 18.7 Å². The summed E-state index contributed by atoms with van der Waals surface area (Å²) in [6.45, 7) is 1.85. The quantitative estimate of drug-likeness (QED) is 0.315. The molecule has 0 aliphatic rings. The second-order valence-electron chi connectivity index (χ2n) is 5.95. The van der Waals surface area contributed by atoms with Crippen molar-refractivity contribution in [3.8, 4) is 5.75 Å². The molecule has 28 heavy (non-hydrogen) atoms. The minimum absolute atomic E-state index is 0.132. The molecule has 0 unspecified atom stereocenters. The Hall–Kier alpha value is -3.80. The first-order valence-corrected chi connectivity index (χ1v) is 8.50. The van der Waals surface area contributed by atoms with Gasteiger partial charge in [0.15, 0.2) is 0 Å². The number of carbonyl (C=O) groups excluding carboxylic acids is 2. The summed E-state index contributed by atoms with van der Waals surface area (Å²) in [6.07, 6.45) is 1.47. The van der Waals surface area contributed by atoms with E-state index in [0.29, 0.717) is 11.1 Å². The molecule has 0 heterocycles. The number of amides is 1. The van der Waals surface area contributed by atoms with E-state index >= 15 is 0 Å². The van der Waals surface area contributed by atoms with Crippen molar-refractivity contribution in [1.29, 1.82) is 0 Å². The molecule has 0 aromatic heterocycles. The minimum atomic E-state index is -0.773. The average Bonchev–Trinajstić information content (AvgIpc) is 2.70. The summed E-state index contributed by atoms with van der Waals surface area (Å²) in [6, 6.07) is 19.3. The van der Waals surface area contributed by atoms with Gasteiger partial charge in [0, 0.05) is 5.56 Å². The minimum Gasteiger partial charge on any atom is -0.423 e. The van der Waals surface area contributed by atoms with Crippen molar-refractivity contribution in [3.63, 3.8) is 0 Å². The smallest absolute Gasteiger partial charge is 0.346 e. The van der Waals surface area contributed by atoms with Crippen molar-refractivity contribution in [1.82, 2.24) is 5.43 Å². The number of hydrogen-bond acceptors (Lipinski definition) is 4. The largest absolute Gasteiger partial charge is 0.423 e. The molecule has 3 aromatic rings. The zero-order chi connectivity index (χ0) is 19.9. The van der Waals surface area contributed by atoms with E-state index in [2.05, 4.69) is 10.5 Å². The highest BCUT2D eigenvalue weighted by atomic mass is 19.1. The topological polar surface area (TPSA) is 67.8 Å².